The smallest absolute Gasteiger partial charge is 0.258 e. The summed E-state index contributed by atoms with van der Waals surface area (Å²) in [6, 6.07) is 14.2. The van der Waals surface area contributed by atoms with Gasteiger partial charge in [0.25, 0.3) is 11.5 Å². The molecule has 1 saturated carbocycles. The van der Waals surface area contributed by atoms with Gasteiger partial charge in [0, 0.05) is 30.1 Å². The number of fused-ring (bicyclic) bond motifs is 1. The maximum Gasteiger partial charge on any atom is 0.258 e. The second-order valence-corrected chi connectivity index (χ2v) is 6.91. The van der Waals surface area contributed by atoms with Crippen molar-refractivity contribution >= 4 is 28.4 Å². The van der Waals surface area contributed by atoms with Gasteiger partial charge in [-0.3, -0.25) is 14.4 Å². The normalized spacial score (nSPS) is 13.3. The van der Waals surface area contributed by atoms with Gasteiger partial charge in [0.1, 0.15) is 5.82 Å². The van der Waals surface area contributed by atoms with Crippen molar-refractivity contribution in [1.82, 2.24) is 15.3 Å². The van der Waals surface area contributed by atoms with E-state index in [1.165, 1.54) is 0 Å². The molecule has 28 heavy (non-hydrogen) atoms. The maximum absolute atomic E-state index is 12.3. The van der Waals surface area contributed by atoms with E-state index in [9.17, 15) is 14.4 Å². The number of rotatable bonds is 6. The first-order chi connectivity index (χ1) is 13.6. The highest BCUT2D eigenvalue weighted by Gasteiger charge is 2.23. The van der Waals surface area contributed by atoms with Crippen molar-refractivity contribution in [3.8, 4) is 0 Å². The topological polar surface area (TPSA) is 104 Å². The second kappa shape index (κ2) is 7.64. The summed E-state index contributed by atoms with van der Waals surface area (Å²) in [7, 11) is 0. The van der Waals surface area contributed by atoms with Gasteiger partial charge in [-0.2, -0.15) is 0 Å². The van der Waals surface area contributed by atoms with Gasteiger partial charge in [-0.25, -0.2) is 4.98 Å². The summed E-state index contributed by atoms with van der Waals surface area (Å²) in [5.74, 6) is 0.128. The average molecular weight is 376 g/mol. The van der Waals surface area contributed by atoms with E-state index in [4.69, 9.17) is 0 Å². The monoisotopic (exact) mass is 376 g/mol. The molecule has 3 N–H and O–H groups in total. The molecule has 3 aromatic rings. The third-order valence-electron chi connectivity index (χ3n) is 4.57. The lowest BCUT2D eigenvalue weighted by molar-refractivity contribution is -0.116. The summed E-state index contributed by atoms with van der Waals surface area (Å²) in [6.07, 6.45) is 2.52. The number of aromatic amines is 1. The van der Waals surface area contributed by atoms with Crippen LogP contribution in [0.2, 0.25) is 0 Å². The van der Waals surface area contributed by atoms with Crippen LogP contribution in [0.3, 0.4) is 0 Å². The molecule has 0 atom stereocenters. The zero-order chi connectivity index (χ0) is 19.5. The number of hydrogen-bond acceptors (Lipinski definition) is 4. The van der Waals surface area contributed by atoms with Gasteiger partial charge >= 0.3 is 0 Å². The summed E-state index contributed by atoms with van der Waals surface area (Å²) in [5.41, 5.74) is 1.48. The highest BCUT2D eigenvalue weighted by atomic mass is 16.2. The van der Waals surface area contributed by atoms with Gasteiger partial charge in [0.05, 0.1) is 10.9 Å². The lowest BCUT2D eigenvalue weighted by atomic mass is 10.1. The number of aromatic nitrogens is 2. The fourth-order valence-electron chi connectivity index (χ4n) is 2.94. The van der Waals surface area contributed by atoms with Gasteiger partial charge in [-0.15, -0.1) is 0 Å². The molecule has 2 aromatic carbocycles. The van der Waals surface area contributed by atoms with Crippen LogP contribution in [0.5, 0.6) is 0 Å². The molecule has 7 heteroatoms. The first-order valence-corrected chi connectivity index (χ1v) is 9.27. The number of nitrogens with one attached hydrogen (secondary N) is 3. The zero-order valence-electron chi connectivity index (χ0n) is 15.2. The number of carbonyl (C=O) groups is 2. The molecule has 0 unspecified atom stereocenters. The van der Waals surface area contributed by atoms with E-state index in [1.807, 2.05) is 6.07 Å². The van der Waals surface area contributed by atoms with Crippen LogP contribution >= 0.6 is 0 Å². The standard InChI is InChI=1S/C21H20N4O3/c26-19(11-10-18-24-17-7-2-1-6-16(17)21(28)25-18)22-15-5-3-4-13(12-15)20(27)23-14-8-9-14/h1-7,12,14H,8-11H2,(H,22,26)(H,23,27)(H,24,25,28). The van der Waals surface area contributed by atoms with Gasteiger partial charge in [0.15, 0.2) is 0 Å². The molecule has 0 spiro atoms. The first kappa shape index (κ1) is 17.9. The molecule has 1 heterocycles. The Hall–Kier alpha value is -3.48. The SMILES string of the molecule is O=C(CCc1nc2ccccc2c(=O)[nH]1)Nc1cccc(C(=O)NC2CC2)c1. The average Bonchev–Trinajstić information content (AvgIpc) is 3.51. The lowest BCUT2D eigenvalue weighted by Crippen LogP contribution is -2.25. The quantitative estimate of drug-likeness (QED) is 0.614. The Morgan fingerprint density at radius 3 is 2.75 bits per heavy atom. The van der Waals surface area contributed by atoms with Crippen molar-refractivity contribution in [1.29, 1.82) is 0 Å². The van der Waals surface area contributed by atoms with Crippen molar-refractivity contribution in [2.45, 2.75) is 31.7 Å². The molecule has 0 radical (unpaired) electrons. The molecule has 1 aliphatic carbocycles. The summed E-state index contributed by atoms with van der Waals surface area (Å²) in [5, 5.41) is 6.24. The number of H-pyrrole nitrogens is 1. The summed E-state index contributed by atoms with van der Waals surface area (Å²) < 4.78 is 0. The third kappa shape index (κ3) is 4.25. The number of anilines is 1. The minimum absolute atomic E-state index is 0.128. The Morgan fingerprint density at radius 1 is 1.11 bits per heavy atom. The van der Waals surface area contributed by atoms with Crippen LogP contribution < -0.4 is 16.2 Å². The Kier molecular flexibility index (Phi) is 4.89. The molecule has 0 bridgehead atoms. The number of amides is 2. The molecular weight excluding hydrogens is 356 g/mol. The Labute approximate surface area is 161 Å². The molecule has 0 saturated heterocycles. The molecular formula is C21H20N4O3. The van der Waals surface area contributed by atoms with E-state index < -0.39 is 0 Å². The zero-order valence-corrected chi connectivity index (χ0v) is 15.2. The largest absolute Gasteiger partial charge is 0.349 e. The summed E-state index contributed by atoms with van der Waals surface area (Å²) in [6.45, 7) is 0. The predicted molar refractivity (Wildman–Crippen MR) is 106 cm³/mol. The van der Waals surface area contributed by atoms with Gasteiger partial charge < -0.3 is 15.6 Å². The van der Waals surface area contributed by atoms with Crippen molar-refractivity contribution in [2.75, 3.05) is 5.32 Å². The fourth-order valence-corrected chi connectivity index (χ4v) is 2.94. The van der Waals surface area contributed by atoms with Crippen LogP contribution in [0.25, 0.3) is 10.9 Å². The number of hydrogen-bond donors (Lipinski definition) is 3. The van der Waals surface area contributed by atoms with E-state index in [0.717, 1.165) is 12.8 Å². The number of benzene rings is 2. The summed E-state index contributed by atoms with van der Waals surface area (Å²) >= 11 is 0. The Morgan fingerprint density at radius 2 is 1.93 bits per heavy atom. The van der Waals surface area contributed by atoms with Gasteiger partial charge in [0.2, 0.25) is 5.91 Å². The minimum Gasteiger partial charge on any atom is -0.349 e. The second-order valence-electron chi connectivity index (χ2n) is 6.91. The van der Waals surface area contributed by atoms with E-state index in [-0.39, 0.29) is 29.8 Å². The van der Waals surface area contributed by atoms with E-state index in [2.05, 4.69) is 20.6 Å². The van der Waals surface area contributed by atoms with Crippen LogP contribution in [-0.2, 0) is 11.2 Å². The van der Waals surface area contributed by atoms with Gasteiger partial charge in [-0.1, -0.05) is 18.2 Å². The molecule has 142 valence electrons. The van der Waals surface area contributed by atoms with E-state index >= 15 is 0 Å². The number of aryl methyl sites for hydroxylation is 1. The number of carbonyl (C=O) groups excluding carboxylic acids is 2. The van der Waals surface area contributed by atoms with Crippen molar-refractivity contribution < 1.29 is 9.59 Å². The molecule has 7 nitrogen and oxygen atoms in total. The van der Waals surface area contributed by atoms with E-state index in [1.54, 1.807) is 42.5 Å². The Balaban J connectivity index is 1.38. The molecule has 1 fully saturated rings. The highest BCUT2D eigenvalue weighted by Crippen LogP contribution is 2.20. The maximum atomic E-state index is 12.3. The predicted octanol–water partition coefficient (Wildman–Crippen LogP) is 2.39. The summed E-state index contributed by atoms with van der Waals surface area (Å²) in [4.78, 5) is 43.6. The molecule has 2 amide bonds. The molecule has 4 rings (SSSR count). The number of nitrogens with zero attached hydrogens (tertiary/aromatic N) is 1. The van der Waals surface area contributed by atoms with Crippen LogP contribution in [0.4, 0.5) is 5.69 Å². The Bertz CT molecular complexity index is 1100. The number of para-hydroxylation sites is 1. The van der Waals surface area contributed by atoms with Crippen LogP contribution in [0.1, 0.15) is 35.4 Å². The third-order valence-corrected chi connectivity index (χ3v) is 4.57. The van der Waals surface area contributed by atoms with Crippen LogP contribution in [0, 0.1) is 0 Å². The molecule has 1 aromatic heterocycles. The van der Waals surface area contributed by atoms with E-state index in [0.29, 0.717) is 34.4 Å². The van der Waals surface area contributed by atoms with Crippen molar-refractivity contribution in [3.63, 3.8) is 0 Å². The molecule has 0 aliphatic heterocycles. The lowest BCUT2D eigenvalue weighted by Gasteiger charge is -2.08. The van der Waals surface area contributed by atoms with Crippen LogP contribution in [-0.4, -0.2) is 27.8 Å². The fraction of sp³-hybridized carbons (Fsp3) is 0.238. The highest BCUT2D eigenvalue weighted by molar-refractivity contribution is 5.97. The first-order valence-electron chi connectivity index (χ1n) is 9.27. The van der Waals surface area contributed by atoms with Crippen molar-refractivity contribution in [2.24, 2.45) is 0 Å². The van der Waals surface area contributed by atoms with Crippen molar-refractivity contribution in [3.05, 3.63) is 70.3 Å². The minimum atomic E-state index is -0.213. The van der Waals surface area contributed by atoms with Gasteiger partial charge in [-0.05, 0) is 43.2 Å². The van der Waals surface area contributed by atoms with Crippen LogP contribution in [0.15, 0.2) is 53.3 Å². The molecule has 1 aliphatic rings.